The van der Waals surface area contributed by atoms with Gasteiger partial charge in [-0.15, -0.1) is 0 Å². The first-order chi connectivity index (χ1) is 11.8. The van der Waals surface area contributed by atoms with Crippen molar-refractivity contribution >= 4 is 5.97 Å². The molecule has 0 radical (unpaired) electrons. The molecule has 0 spiro atoms. The third kappa shape index (κ3) is 2.94. The van der Waals surface area contributed by atoms with Crippen LogP contribution in [0.2, 0.25) is 0 Å². The second-order valence-electron chi connectivity index (χ2n) is 5.65. The Kier molecular flexibility index (Phi) is 3.85. The molecule has 1 saturated heterocycles. The Morgan fingerprint density at radius 2 is 1.46 bits per heavy atom. The molecule has 0 bridgehead atoms. The van der Waals surface area contributed by atoms with Gasteiger partial charge in [-0.1, -0.05) is 72.8 Å². The van der Waals surface area contributed by atoms with Crippen molar-refractivity contribution in [2.24, 2.45) is 0 Å². The molecule has 1 aliphatic rings. The van der Waals surface area contributed by atoms with Crippen LogP contribution in [0.3, 0.4) is 0 Å². The fourth-order valence-corrected chi connectivity index (χ4v) is 2.74. The molecule has 0 N–H and O–H groups in total. The Hall–Kier alpha value is -2.91. The Bertz CT molecular complexity index is 853. The van der Waals surface area contributed by atoms with Gasteiger partial charge in [-0.25, -0.2) is 4.79 Å². The van der Waals surface area contributed by atoms with Crippen molar-refractivity contribution in [3.8, 4) is 28.0 Å². The normalized spacial score (nSPS) is 15.8. The lowest BCUT2D eigenvalue weighted by atomic mass is 9.94. The van der Waals surface area contributed by atoms with Crippen LogP contribution >= 0.6 is 0 Å². The van der Waals surface area contributed by atoms with Gasteiger partial charge in [-0.2, -0.15) is 0 Å². The average Bonchev–Trinajstić information content (AvgIpc) is 3.48. The summed E-state index contributed by atoms with van der Waals surface area (Å²) in [7, 11) is 0. The van der Waals surface area contributed by atoms with E-state index >= 15 is 0 Å². The molecule has 1 unspecified atom stereocenters. The van der Waals surface area contributed by atoms with Crippen LogP contribution in [0.4, 0.5) is 0 Å². The largest absolute Gasteiger partial charge is 0.424 e. The zero-order valence-corrected chi connectivity index (χ0v) is 13.0. The highest BCUT2D eigenvalue weighted by molar-refractivity contribution is 5.90. The molecule has 3 aromatic carbocycles. The predicted molar refractivity (Wildman–Crippen MR) is 92.7 cm³/mol. The van der Waals surface area contributed by atoms with Crippen molar-refractivity contribution in [2.45, 2.75) is 6.10 Å². The van der Waals surface area contributed by atoms with E-state index in [1.54, 1.807) is 0 Å². The molecule has 3 aromatic rings. The lowest BCUT2D eigenvalue weighted by Gasteiger charge is -2.15. The number of benzene rings is 3. The van der Waals surface area contributed by atoms with E-state index in [0.29, 0.717) is 12.4 Å². The van der Waals surface area contributed by atoms with E-state index in [1.165, 1.54) is 0 Å². The molecular formula is C21H16O3. The van der Waals surface area contributed by atoms with E-state index < -0.39 is 6.10 Å². The van der Waals surface area contributed by atoms with E-state index in [-0.39, 0.29) is 5.97 Å². The van der Waals surface area contributed by atoms with Gasteiger partial charge < -0.3 is 9.47 Å². The third-order valence-corrected chi connectivity index (χ3v) is 3.98. The zero-order valence-electron chi connectivity index (χ0n) is 13.0. The van der Waals surface area contributed by atoms with Crippen LogP contribution in [-0.2, 0) is 9.53 Å². The molecule has 1 heterocycles. The number of carbonyl (C=O) groups is 1. The molecule has 0 aliphatic carbocycles. The maximum atomic E-state index is 12.1. The van der Waals surface area contributed by atoms with E-state index in [9.17, 15) is 4.79 Å². The number of hydrogen-bond donors (Lipinski definition) is 0. The SMILES string of the molecule is O=C(Oc1cccc(-c2ccccc2)c1-c1ccccc1)C1CO1. The molecule has 4 rings (SSSR count). The summed E-state index contributed by atoms with van der Waals surface area (Å²) in [6.45, 7) is 0.442. The zero-order chi connectivity index (χ0) is 16.4. The minimum atomic E-state index is -0.422. The molecule has 118 valence electrons. The lowest BCUT2D eigenvalue weighted by Crippen LogP contribution is -2.15. The maximum absolute atomic E-state index is 12.1. The third-order valence-electron chi connectivity index (χ3n) is 3.98. The van der Waals surface area contributed by atoms with E-state index in [1.807, 2.05) is 66.7 Å². The summed E-state index contributed by atoms with van der Waals surface area (Å²) in [6.07, 6.45) is -0.422. The van der Waals surface area contributed by atoms with Crippen LogP contribution in [0.25, 0.3) is 22.3 Å². The first-order valence-corrected chi connectivity index (χ1v) is 7.90. The fraction of sp³-hybridized carbons (Fsp3) is 0.0952. The van der Waals surface area contributed by atoms with E-state index in [2.05, 4.69) is 12.1 Å². The molecule has 1 fully saturated rings. The highest BCUT2D eigenvalue weighted by Crippen LogP contribution is 2.39. The summed E-state index contributed by atoms with van der Waals surface area (Å²) < 4.78 is 10.7. The minimum absolute atomic E-state index is 0.336. The molecule has 24 heavy (non-hydrogen) atoms. The summed E-state index contributed by atoms with van der Waals surface area (Å²) in [5, 5.41) is 0. The Morgan fingerprint density at radius 3 is 2.08 bits per heavy atom. The number of hydrogen-bond acceptors (Lipinski definition) is 3. The van der Waals surface area contributed by atoms with Gasteiger partial charge in [0.25, 0.3) is 0 Å². The summed E-state index contributed by atoms with van der Waals surface area (Å²) in [5.74, 6) is 0.223. The molecule has 1 atom stereocenters. The second-order valence-corrected chi connectivity index (χ2v) is 5.65. The topological polar surface area (TPSA) is 38.8 Å². The van der Waals surface area contributed by atoms with Crippen LogP contribution in [0.15, 0.2) is 78.9 Å². The first-order valence-electron chi connectivity index (χ1n) is 7.90. The van der Waals surface area contributed by atoms with Gasteiger partial charge in [0.05, 0.1) is 6.61 Å². The van der Waals surface area contributed by atoms with Crippen molar-refractivity contribution in [1.82, 2.24) is 0 Å². The molecular weight excluding hydrogens is 300 g/mol. The Morgan fingerprint density at radius 1 is 0.833 bits per heavy atom. The van der Waals surface area contributed by atoms with Crippen LogP contribution in [0.1, 0.15) is 0 Å². The van der Waals surface area contributed by atoms with Gasteiger partial charge in [0.2, 0.25) is 0 Å². The van der Waals surface area contributed by atoms with Crippen LogP contribution in [0.5, 0.6) is 5.75 Å². The summed E-state index contributed by atoms with van der Waals surface area (Å²) in [5.41, 5.74) is 4.04. The van der Waals surface area contributed by atoms with Gasteiger partial charge in [0.1, 0.15) is 5.75 Å². The smallest absolute Gasteiger partial charge is 0.343 e. The monoisotopic (exact) mass is 316 g/mol. The van der Waals surface area contributed by atoms with Gasteiger partial charge >= 0.3 is 5.97 Å². The summed E-state index contributed by atoms with van der Waals surface area (Å²) in [6, 6.07) is 25.8. The number of carbonyl (C=O) groups excluding carboxylic acids is 1. The van der Waals surface area contributed by atoms with Crippen LogP contribution in [-0.4, -0.2) is 18.7 Å². The van der Waals surface area contributed by atoms with E-state index in [0.717, 1.165) is 22.3 Å². The molecule has 0 amide bonds. The first kappa shape index (κ1) is 14.7. The molecule has 3 nitrogen and oxygen atoms in total. The van der Waals surface area contributed by atoms with Gasteiger partial charge in [-0.3, -0.25) is 0 Å². The average molecular weight is 316 g/mol. The Balaban J connectivity index is 1.86. The van der Waals surface area contributed by atoms with Crippen molar-refractivity contribution in [2.75, 3.05) is 6.61 Å². The lowest BCUT2D eigenvalue weighted by molar-refractivity contribution is -0.135. The van der Waals surface area contributed by atoms with Crippen molar-refractivity contribution in [1.29, 1.82) is 0 Å². The maximum Gasteiger partial charge on any atom is 0.343 e. The Labute approximate surface area is 140 Å². The minimum Gasteiger partial charge on any atom is -0.424 e. The summed E-state index contributed by atoms with van der Waals surface area (Å²) >= 11 is 0. The molecule has 0 aromatic heterocycles. The van der Waals surface area contributed by atoms with Crippen molar-refractivity contribution < 1.29 is 14.3 Å². The molecule has 3 heteroatoms. The number of rotatable bonds is 4. The number of esters is 1. The van der Waals surface area contributed by atoms with Gasteiger partial charge in [0.15, 0.2) is 6.10 Å². The highest BCUT2D eigenvalue weighted by Gasteiger charge is 2.34. The van der Waals surface area contributed by atoms with Gasteiger partial charge in [-0.05, 0) is 22.8 Å². The fourth-order valence-electron chi connectivity index (χ4n) is 2.74. The van der Waals surface area contributed by atoms with Crippen molar-refractivity contribution in [3.05, 3.63) is 78.9 Å². The predicted octanol–water partition coefficient (Wildman–Crippen LogP) is 4.32. The van der Waals surface area contributed by atoms with E-state index in [4.69, 9.17) is 9.47 Å². The molecule has 0 saturated carbocycles. The number of ether oxygens (including phenoxy) is 2. The van der Waals surface area contributed by atoms with Gasteiger partial charge in [0, 0.05) is 5.56 Å². The quantitative estimate of drug-likeness (QED) is 0.409. The van der Waals surface area contributed by atoms with Crippen molar-refractivity contribution in [3.63, 3.8) is 0 Å². The second kappa shape index (κ2) is 6.30. The van der Waals surface area contributed by atoms with Crippen LogP contribution in [0, 0.1) is 0 Å². The standard InChI is InChI=1S/C21H16O3/c22-21(19-14-23-19)24-18-13-7-12-17(15-8-3-1-4-9-15)20(18)16-10-5-2-6-11-16/h1-13,19H,14H2. The number of epoxide rings is 1. The molecule has 1 aliphatic heterocycles. The van der Waals surface area contributed by atoms with Crippen LogP contribution < -0.4 is 4.74 Å². The summed E-state index contributed by atoms with van der Waals surface area (Å²) in [4.78, 5) is 12.1. The highest BCUT2D eigenvalue weighted by atomic mass is 16.6.